The zero-order valence-corrected chi connectivity index (χ0v) is 25.7. The minimum absolute atomic E-state index is 0.0823. The molecule has 5 rings (SSSR count). The number of nitrogens with one attached hydrogen (secondary N) is 2. The fourth-order valence-corrected chi connectivity index (χ4v) is 7.29. The summed E-state index contributed by atoms with van der Waals surface area (Å²) in [6.07, 6.45) is 7.04. The highest BCUT2D eigenvalue weighted by molar-refractivity contribution is 8.00. The molecule has 1 saturated heterocycles. The van der Waals surface area contributed by atoms with Crippen LogP contribution in [0.5, 0.6) is 11.5 Å². The van der Waals surface area contributed by atoms with Crippen LogP contribution in [0.4, 0.5) is 4.79 Å². The van der Waals surface area contributed by atoms with Gasteiger partial charge in [-0.05, 0) is 86.2 Å². The van der Waals surface area contributed by atoms with E-state index in [1.54, 1.807) is 24.3 Å². The van der Waals surface area contributed by atoms with Crippen LogP contribution in [-0.2, 0) is 11.8 Å². The van der Waals surface area contributed by atoms with Gasteiger partial charge in [-0.3, -0.25) is 0 Å². The number of phenols is 1. The van der Waals surface area contributed by atoms with Gasteiger partial charge in [0.05, 0.1) is 0 Å². The summed E-state index contributed by atoms with van der Waals surface area (Å²) >= 11 is 1.92. The molecular weight excluding hydrogens is 558 g/mol. The number of hydrogen-bond donors (Lipinski definition) is 4. The lowest BCUT2D eigenvalue weighted by molar-refractivity contribution is 0.106. The molecule has 3 aromatic carbocycles. The summed E-state index contributed by atoms with van der Waals surface area (Å²) in [5.41, 5.74) is 2.70. The quantitative estimate of drug-likeness (QED) is 0.186. The van der Waals surface area contributed by atoms with E-state index in [4.69, 9.17) is 4.74 Å². The Labute approximate surface area is 260 Å². The highest BCUT2D eigenvalue weighted by Crippen LogP contribution is 2.40. The average molecular weight is 604 g/mol. The Hall–Kier alpha value is -3.20. The summed E-state index contributed by atoms with van der Waals surface area (Å²) in [5, 5.41) is 26.6. The van der Waals surface area contributed by atoms with Gasteiger partial charge in [-0.15, -0.1) is 11.8 Å². The maximum absolute atomic E-state index is 13.1. The van der Waals surface area contributed by atoms with Crippen molar-refractivity contribution >= 4 is 17.8 Å². The van der Waals surface area contributed by atoms with E-state index in [0.717, 1.165) is 58.3 Å². The second-order valence-electron chi connectivity index (χ2n) is 11.9. The van der Waals surface area contributed by atoms with Crippen LogP contribution in [0.15, 0.2) is 83.8 Å². The maximum atomic E-state index is 13.1. The first kappa shape index (κ1) is 31.2. The lowest BCUT2D eigenvalue weighted by Crippen LogP contribution is -2.48. The van der Waals surface area contributed by atoms with Gasteiger partial charge in [0, 0.05) is 41.7 Å². The summed E-state index contributed by atoms with van der Waals surface area (Å²) in [6, 6.07) is 26.0. The average Bonchev–Trinajstić information content (AvgIpc) is 3.53. The van der Waals surface area contributed by atoms with Crippen LogP contribution in [0.1, 0.15) is 49.7 Å². The molecule has 7 nitrogen and oxygen atoms in total. The molecule has 0 spiro atoms. The fraction of sp³-hybridized carbons (Fsp3) is 0.457. The lowest BCUT2D eigenvalue weighted by Gasteiger charge is -2.34. The fourth-order valence-electron chi connectivity index (χ4n) is 6.17. The number of aliphatic hydroxyl groups excluding tert-OH is 1. The van der Waals surface area contributed by atoms with Crippen molar-refractivity contribution in [1.82, 2.24) is 15.5 Å². The number of thioether (sulfide) groups is 1. The number of aromatic hydroxyl groups is 1. The van der Waals surface area contributed by atoms with Crippen molar-refractivity contribution in [3.8, 4) is 11.5 Å². The number of nitrogens with zero attached hydrogens (tertiary/aromatic N) is 1. The van der Waals surface area contributed by atoms with Gasteiger partial charge in [0.1, 0.15) is 24.2 Å². The van der Waals surface area contributed by atoms with Crippen molar-refractivity contribution in [2.45, 2.75) is 66.6 Å². The number of rotatable bonds is 13. The van der Waals surface area contributed by atoms with Gasteiger partial charge in [0.25, 0.3) is 0 Å². The molecule has 1 aliphatic carbocycles. The van der Waals surface area contributed by atoms with E-state index < -0.39 is 6.10 Å². The first-order valence-electron chi connectivity index (χ1n) is 15.6. The van der Waals surface area contributed by atoms with Crippen LogP contribution in [0.2, 0.25) is 0 Å². The molecule has 2 amide bonds. The second-order valence-corrected chi connectivity index (χ2v) is 13.2. The monoisotopic (exact) mass is 603 g/mol. The number of piperidine rings is 1. The van der Waals surface area contributed by atoms with Crippen molar-refractivity contribution in [2.75, 3.05) is 39.3 Å². The summed E-state index contributed by atoms with van der Waals surface area (Å²) in [5.74, 6) is 0.812. The number of benzene rings is 3. The number of carbonyl (C=O) groups excluding carboxylic acids is 1. The van der Waals surface area contributed by atoms with Gasteiger partial charge < -0.3 is 30.5 Å². The van der Waals surface area contributed by atoms with Gasteiger partial charge in [-0.25, -0.2) is 4.79 Å². The van der Waals surface area contributed by atoms with E-state index in [9.17, 15) is 15.0 Å². The predicted molar refractivity (Wildman–Crippen MR) is 173 cm³/mol. The first-order chi connectivity index (χ1) is 21.0. The molecular formula is C35H45N3O4S. The van der Waals surface area contributed by atoms with E-state index in [2.05, 4.69) is 65.2 Å². The number of likely N-dealkylation sites (tertiary alicyclic amines) is 1. The van der Waals surface area contributed by atoms with Crippen LogP contribution in [0, 0.1) is 0 Å². The van der Waals surface area contributed by atoms with Gasteiger partial charge in [-0.1, -0.05) is 55.3 Å². The Kier molecular flexibility index (Phi) is 11.3. The van der Waals surface area contributed by atoms with Gasteiger partial charge in [-0.2, -0.15) is 0 Å². The molecule has 1 aliphatic heterocycles. The standard InChI is InChI=1S/C35H45N3O4S/c39-29-10-12-31(13-11-29)42-25-30(40)24-36-21-16-27-8-14-32(15-9-27)43-33-17-22-38(23-18-33)34(41)37-26-35(19-4-5-20-35)28-6-2-1-3-7-28/h1-3,6-15,30,33,36,39-40H,4-5,16-26H2,(H,37,41)/t30-/m0/s1. The van der Waals surface area contributed by atoms with Crippen LogP contribution >= 0.6 is 11.8 Å². The van der Waals surface area contributed by atoms with E-state index in [1.165, 1.54) is 28.9 Å². The minimum Gasteiger partial charge on any atom is -0.508 e. The summed E-state index contributed by atoms with van der Waals surface area (Å²) < 4.78 is 5.55. The second kappa shape index (κ2) is 15.5. The highest BCUT2D eigenvalue weighted by Gasteiger charge is 2.36. The number of phenolic OH excluding ortho intramolecular Hbond substituents is 1. The molecule has 230 valence electrons. The molecule has 1 atom stereocenters. The van der Waals surface area contributed by atoms with Crippen molar-refractivity contribution in [1.29, 1.82) is 0 Å². The summed E-state index contributed by atoms with van der Waals surface area (Å²) in [6.45, 7) is 3.76. The zero-order valence-electron chi connectivity index (χ0n) is 24.9. The third-order valence-electron chi connectivity index (χ3n) is 8.73. The van der Waals surface area contributed by atoms with E-state index in [0.29, 0.717) is 17.5 Å². The molecule has 0 bridgehead atoms. The Morgan fingerprint density at radius 2 is 1.67 bits per heavy atom. The van der Waals surface area contributed by atoms with Crippen molar-refractivity contribution in [3.63, 3.8) is 0 Å². The van der Waals surface area contributed by atoms with E-state index >= 15 is 0 Å². The molecule has 8 heteroatoms. The Balaban J connectivity index is 0.966. The number of carbonyl (C=O) groups is 1. The molecule has 2 aliphatic rings. The van der Waals surface area contributed by atoms with Gasteiger partial charge >= 0.3 is 6.03 Å². The Morgan fingerprint density at radius 3 is 2.37 bits per heavy atom. The number of urea groups is 1. The van der Waals surface area contributed by atoms with Crippen molar-refractivity contribution in [3.05, 3.63) is 90.0 Å². The molecule has 0 unspecified atom stereocenters. The van der Waals surface area contributed by atoms with Crippen LogP contribution < -0.4 is 15.4 Å². The molecule has 3 aromatic rings. The normalized spacial score (nSPS) is 17.5. The predicted octanol–water partition coefficient (Wildman–Crippen LogP) is 5.74. The lowest BCUT2D eigenvalue weighted by atomic mass is 9.79. The van der Waals surface area contributed by atoms with E-state index in [1.807, 2.05) is 16.7 Å². The third-order valence-corrected chi connectivity index (χ3v) is 10.1. The number of aliphatic hydroxyl groups is 1. The van der Waals surface area contributed by atoms with Crippen molar-refractivity contribution in [2.24, 2.45) is 0 Å². The number of ether oxygens (including phenoxy) is 1. The van der Waals surface area contributed by atoms with E-state index in [-0.39, 0.29) is 23.8 Å². The number of hydrogen-bond acceptors (Lipinski definition) is 6. The van der Waals surface area contributed by atoms with Gasteiger partial charge in [0.15, 0.2) is 0 Å². The smallest absolute Gasteiger partial charge is 0.317 e. The summed E-state index contributed by atoms with van der Waals surface area (Å²) in [4.78, 5) is 16.3. The molecule has 0 radical (unpaired) electrons. The molecule has 4 N–H and O–H groups in total. The van der Waals surface area contributed by atoms with Crippen molar-refractivity contribution < 1.29 is 19.7 Å². The minimum atomic E-state index is -0.608. The first-order valence-corrected chi connectivity index (χ1v) is 16.5. The zero-order chi connectivity index (χ0) is 29.9. The molecule has 0 aromatic heterocycles. The molecule has 2 fully saturated rings. The maximum Gasteiger partial charge on any atom is 0.317 e. The third kappa shape index (κ3) is 9.15. The molecule has 43 heavy (non-hydrogen) atoms. The highest BCUT2D eigenvalue weighted by atomic mass is 32.2. The molecule has 1 heterocycles. The Bertz CT molecular complexity index is 1260. The van der Waals surface area contributed by atoms with Crippen LogP contribution in [-0.4, -0.2) is 71.8 Å². The topological polar surface area (TPSA) is 94.1 Å². The van der Waals surface area contributed by atoms with Gasteiger partial charge in [0.2, 0.25) is 0 Å². The Morgan fingerprint density at radius 1 is 0.977 bits per heavy atom. The molecule has 1 saturated carbocycles. The SMILES string of the molecule is O=C(NCC1(c2ccccc2)CCCC1)N1CCC(Sc2ccc(CCNC[C@H](O)COc3ccc(O)cc3)cc2)CC1. The largest absolute Gasteiger partial charge is 0.508 e. The summed E-state index contributed by atoms with van der Waals surface area (Å²) in [7, 11) is 0. The van der Waals surface area contributed by atoms with Crippen LogP contribution in [0.25, 0.3) is 0 Å². The van der Waals surface area contributed by atoms with Crippen LogP contribution in [0.3, 0.4) is 0 Å². The number of amides is 2.